The summed E-state index contributed by atoms with van der Waals surface area (Å²) in [6, 6.07) is -1.40. The minimum atomic E-state index is -0.849. The number of hydrogen-bond acceptors (Lipinski definition) is 5. The fraction of sp³-hybridized carbons (Fsp3) is 0.667. The van der Waals surface area contributed by atoms with E-state index in [0.717, 1.165) is 6.29 Å². The van der Waals surface area contributed by atoms with Gasteiger partial charge in [0.1, 0.15) is 17.9 Å². The molecule has 1 amide bonds. The molecule has 3 unspecified atom stereocenters. The van der Waals surface area contributed by atoms with E-state index in [1.54, 1.807) is 20.8 Å². The minimum Gasteiger partial charge on any atom is -0.467 e. The highest BCUT2D eigenvalue weighted by Gasteiger charge is 2.48. The molecule has 0 aliphatic carbocycles. The fourth-order valence-electron chi connectivity index (χ4n) is 2.41. The highest BCUT2D eigenvalue weighted by molar-refractivity contribution is 5.84. The second-order valence-electron chi connectivity index (χ2n) is 5.94. The van der Waals surface area contributed by atoms with Crippen LogP contribution < -0.4 is 0 Å². The summed E-state index contributed by atoms with van der Waals surface area (Å²) in [5.41, 5.74) is -0.711. The molecule has 0 bridgehead atoms. The highest BCUT2D eigenvalue weighted by atomic mass is 16.6. The number of methoxy groups -OCH3 is 1. The van der Waals surface area contributed by atoms with Gasteiger partial charge in [-0.15, -0.1) is 12.3 Å². The number of amides is 1. The Morgan fingerprint density at radius 1 is 1.43 bits per heavy atom. The number of likely N-dealkylation sites (tertiary alicyclic amines) is 1. The zero-order valence-electron chi connectivity index (χ0n) is 12.8. The van der Waals surface area contributed by atoms with Crippen molar-refractivity contribution in [1.29, 1.82) is 0 Å². The molecule has 116 valence electrons. The summed E-state index contributed by atoms with van der Waals surface area (Å²) in [5, 5.41) is 0. The van der Waals surface area contributed by atoms with Gasteiger partial charge in [-0.2, -0.15) is 0 Å². The molecule has 21 heavy (non-hydrogen) atoms. The molecule has 0 aromatic heterocycles. The first-order chi connectivity index (χ1) is 9.75. The van der Waals surface area contributed by atoms with Crippen LogP contribution >= 0.6 is 0 Å². The quantitative estimate of drug-likeness (QED) is 0.447. The van der Waals surface area contributed by atoms with Crippen molar-refractivity contribution in [3.05, 3.63) is 0 Å². The first-order valence-corrected chi connectivity index (χ1v) is 6.73. The van der Waals surface area contributed by atoms with E-state index in [-0.39, 0.29) is 12.8 Å². The number of aldehydes is 1. The van der Waals surface area contributed by atoms with Crippen molar-refractivity contribution in [1.82, 2.24) is 4.90 Å². The molecule has 3 atom stereocenters. The standard InChI is InChI=1S/C15H21NO5/c1-6-7-11-10(9-17)8-12(13(18)20-5)16(11)14(19)21-15(2,3)4/h1,9-12H,7-8H2,2-5H3. The van der Waals surface area contributed by atoms with Crippen LogP contribution in [-0.4, -0.2) is 48.0 Å². The number of carbonyl (C=O) groups is 3. The molecular formula is C15H21NO5. The van der Waals surface area contributed by atoms with Crippen LogP contribution in [0.4, 0.5) is 4.79 Å². The molecule has 1 fully saturated rings. The van der Waals surface area contributed by atoms with Gasteiger partial charge in [0, 0.05) is 12.3 Å². The molecule has 0 N–H and O–H groups in total. The molecule has 6 nitrogen and oxygen atoms in total. The number of nitrogens with zero attached hydrogens (tertiary/aromatic N) is 1. The molecule has 0 aromatic carbocycles. The van der Waals surface area contributed by atoms with E-state index in [1.165, 1.54) is 12.0 Å². The van der Waals surface area contributed by atoms with Gasteiger partial charge in [-0.3, -0.25) is 4.90 Å². The third-order valence-electron chi connectivity index (χ3n) is 3.26. The zero-order chi connectivity index (χ0) is 16.2. The van der Waals surface area contributed by atoms with E-state index in [9.17, 15) is 14.4 Å². The maximum atomic E-state index is 12.3. The maximum Gasteiger partial charge on any atom is 0.411 e. The number of terminal acetylenes is 1. The van der Waals surface area contributed by atoms with Crippen LogP contribution in [0.15, 0.2) is 0 Å². The SMILES string of the molecule is C#CCC1C(C=O)CC(C(=O)OC)N1C(=O)OC(C)(C)C. The average Bonchev–Trinajstić information content (AvgIpc) is 2.75. The molecule has 0 radical (unpaired) electrons. The Morgan fingerprint density at radius 2 is 2.05 bits per heavy atom. The molecule has 0 spiro atoms. The van der Waals surface area contributed by atoms with Gasteiger partial charge in [0.25, 0.3) is 0 Å². The van der Waals surface area contributed by atoms with E-state index >= 15 is 0 Å². The number of ether oxygens (including phenoxy) is 2. The van der Waals surface area contributed by atoms with Crippen molar-refractivity contribution < 1.29 is 23.9 Å². The van der Waals surface area contributed by atoms with Crippen molar-refractivity contribution in [2.75, 3.05) is 7.11 Å². The fourth-order valence-corrected chi connectivity index (χ4v) is 2.41. The van der Waals surface area contributed by atoms with E-state index in [0.29, 0.717) is 0 Å². The number of hydrogen-bond donors (Lipinski definition) is 0. The Kier molecular flexibility index (Phi) is 5.36. The van der Waals surface area contributed by atoms with Gasteiger partial charge in [-0.1, -0.05) is 0 Å². The van der Waals surface area contributed by atoms with Crippen LogP contribution in [0.5, 0.6) is 0 Å². The van der Waals surface area contributed by atoms with E-state index in [4.69, 9.17) is 15.9 Å². The lowest BCUT2D eigenvalue weighted by Crippen LogP contribution is -2.48. The average molecular weight is 295 g/mol. The third-order valence-corrected chi connectivity index (χ3v) is 3.26. The van der Waals surface area contributed by atoms with Crippen molar-refractivity contribution in [3.63, 3.8) is 0 Å². The van der Waals surface area contributed by atoms with Crippen LogP contribution in [0.1, 0.15) is 33.6 Å². The molecule has 1 rings (SSSR count). The van der Waals surface area contributed by atoms with Gasteiger partial charge in [0.2, 0.25) is 0 Å². The first kappa shape index (κ1) is 17.0. The summed E-state index contributed by atoms with van der Waals surface area (Å²) < 4.78 is 10.0. The summed E-state index contributed by atoms with van der Waals surface area (Å²) >= 11 is 0. The van der Waals surface area contributed by atoms with Gasteiger partial charge in [0.15, 0.2) is 0 Å². The lowest BCUT2D eigenvalue weighted by Gasteiger charge is -2.31. The largest absolute Gasteiger partial charge is 0.467 e. The van der Waals surface area contributed by atoms with Crippen molar-refractivity contribution in [2.24, 2.45) is 5.92 Å². The van der Waals surface area contributed by atoms with Crippen LogP contribution in [0.25, 0.3) is 0 Å². The van der Waals surface area contributed by atoms with Crippen molar-refractivity contribution in [2.45, 2.75) is 51.3 Å². The van der Waals surface area contributed by atoms with Crippen molar-refractivity contribution in [3.8, 4) is 12.3 Å². The normalized spacial score (nSPS) is 25.1. The predicted octanol–water partition coefficient (Wildman–Crippen LogP) is 1.38. The Bertz CT molecular complexity index is 460. The summed E-state index contributed by atoms with van der Waals surface area (Å²) in [7, 11) is 1.24. The molecule has 0 aromatic rings. The molecule has 1 aliphatic rings. The highest BCUT2D eigenvalue weighted by Crippen LogP contribution is 2.32. The Balaban J connectivity index is 3.09. The van der Waals surface area contributed by atoms with E-state index in [2.05, 4.69) is 5.92 Å². The van der Waals surface area contributed by atoms with Gasteiger partial charge < -0.3 is 14.3 Å². The van der Waals surface area contributed by atoms with Gasteiger partial charge in [-0.25, -0.2) is 9.59 Å². The number of rotatable bonds is 3. The molecule has 0 saturated carbocycles. The second-order valence-corrected chi connectivity index (χ2v) is 5.94. The number of esters is 1. The summed E-state index contributed by atoms with van der Waals surface area (Å²) in [6.45, 7) is 5.17. The van der Waals surface area contributed by atoms with Crippen LogP contribution in [0.3, 0.4) is 0 Å². The van der Waals surface area contributed by atoms with Crippen molar-refractivity contribution >= 4 is 18.3 Å². The summed E-state index contributed by atoms with van der Waals surface area (Å²) in [6.07, 6.45) is 5.74. The summed E-state index contributed by atoms with van der Waals surface area (Å²) in [5.74, 6) is 1.36. The molecule has 1 aliphatic heterocycles. The second kappa shape index (κ2) is 6.61. The predicted molar refractivity (Wildman–Crippen MR) is 75.3 cm³/mol. The monoisotopic (exact) mass is 295 g/mol. The lowest BCUT2D eigenvalue weighted by molar-refractivity contribution is -0.146. The van der Waals surface area contributed by atoms with Crippen LogP contribution in [0.2, 0.25) is 0 Å². The third kappa shape index (κ3) is 3.97. The van der Waals surface area contributed by atoms with E-state index < -0.39 is 35.7 Å². The zero-order valence-corrected chi connectivity index (χ0v) is 12.8. The van der Waals surface area contributed by atoms with Gasteiger partial charge in [-0.05, 0) is 27.2 Å². The smallest absolute Gasteiger partial charge is 0.411 e. The Labute approximate surface area is 124 Å². The molecular weight excluding hydrogens is 274 g/mol. The Morgan fingerprint density at radius 3 is 2.48 bits per heavy atom. The topological polar surface area (TPSA) is 72.9 Å². The number of carbonyl (C=O) groups excluding carboxylic acids is 3. The minimum absolute atomic E-state index is 0.177. The molecule has 6 heteroatoms. The molecule has 1 heterocycles. The van der Waals surface area contributed by atoms with Gasteiger partial charge in [0.05, 0.1) is 13.2 Å². The Hall–Kier alpha value is -2.03. The summed E-state index contributed by atoms with van der Waals surface area (Å²) in [4.78, 5) is 36.7. The lowest BCUT2D eigenvalue weighted by atomic mass is 9.98. The van der Waals surface area contributed by atoms with Crippen LogP contribution in [-0.2, 0) is 19.1 Å². The van der Waals surface area contributed by atoms with Crippen LogP contribution in [0, 0.1) is 18.3 Å². The maximum absolute atomic E-state index is 12.3. The molecule has 1 saturated heterocycles. The van der Waals surface area contributed by atoms with E-state index in [1.807, 2.05) is 0 Å². The first-order valence-electron chi connectivity index (χ1n) is 6.73. The van der Waals surface area contributed by atoms with Gasteiger partial charge >= 0.3 is 12.1 Å².